The number of morpholine rings is 1. The molecule has 114 valence electrons. The molecule has 1 heterocycles. The SMILES string of the molecule is O=C(O)Cc1ccccc1CNC(=O)CC1COCCN1. The van der Waals surface area contributed by atoms with Gasteiger partial charge in [-0.2, -0.15) is 0 Å². The second-order valence-corrected chi connectivity index (χ2v) is 5.05. The van der Waals surface area contributed by atoms with Gasteiger partial charge < -0.3 is 20.5 Å². The molecule has 21 heavy (non-hydrogen) atoms. The van der Waals surface area contributed by atoms with E-state index in [1.807, 2.05) is 12.1 Å². The predicted octanol–water partition coefficient (Wildman–Crippen LogP) is 0.308. The number of hydrogen-bond donors (Lipinski definition) is 3. The summed E-state index contributed by atoms with van der Waals surface area (Å²) in [5.74, 6) is -0.944. The minimum Gasteiger partial charge on any atom is -0.481 e. The Bertz CT molecular complexity index is 498. The van der Waals surface area contributed by atoms with Gasteiger partial charge in [0.25, 0.3) is 0 Å². The van der Waals surface area contributed by atoms with Crippen LogP contribution in [0.3, 0.4) is 0 Å². The van der Waals surface area contributed by atoms with E-state index in [2.05, 4.69) is 10.6 Å². The number of carbonyl (C=O) groups excluding carboxylic acids is 1. The van der Waals surface area contributed by atoms with E-state index < -0.39 is 5.97 Å². The molecule has 1 atom stereocenters. The molecular weight excluding hydrogens is 272 g/mol. The van der Waals surface area contributed by atoms with Crippen LogP contribution in [0, 0.1) is 0 Å². The molecule has 1 fully saturated rings. The molecule has 0 aliphatic carbocycles. The number of carbonyl (C=O) groups is 2. The van der Waals surface area contributed by atoms with Gasteiger partial charge in [0.1, 0.15) is 0 Å². The highest BCUT2D eigenvalue weighted by atomic mass is 16.5. The number of carboxylic acids is 1. The monoisotopic (exact) mass is 292 g/mol. The van der Waals surface area contributed by atoms with E-state index in [0.29, 0.717) is 26.2 Å². The molecule has 3 N–H and O–H groups in total. The van der Waals surface area contributed by atoms with E-state index in [1.165, 1.54) is 0 Å². The highest BCUT2D eigenvalue weighted by molar-refractivity contribution is 5.76. The van der Waals surface area contributed by atoms with Gasteiger partial charge in [0.15, 0.2) is 0 Å². The first-order valence-electron chi connectivity index (χ1n) is 7.01. The highest BCUT2D eigenvalue weighted by Gasteiger charge is 2.16. The lowest BCUT2D eigenvalue weighted by Gasteiger charge is -2.23. The van der Waals surface area contributed by atoms with Crippen molar-refractivity contribution in [2.24, 2.45) is 0 Å². The second kappa shape index (κ2) is 7.75. The first-order chi connectivity index (χ1) is 10.1. The second-order valence-electron chi connectivity index (χ2n) is 5.05. The minimum atomic E-state index is -0.877. The van der Waals surface area contributed by atoms with Gasteiger partial charge in [0, 0.05) is 25.6 Å². The average Bonchev–Trinajstić information content (AvgIpc) is 2.47. The van der Waals surface area contributed by atoms with Crippen molar-refractivity contribution in [3.63, 3.8) is 0 Å². The molecule has 1 unspecified atom stereocenters. The maximum absolute atomic E-state index is 11.9. The van der Waals surface area contributed by atoms with Crippen molar-refractivity contribution in [2.45, 2.75) is 25.4 Å². The predicted molar refractivity (Wildman–Crippen MR) is 76.9 cm³/mol. The lowest BCUT2D eigenvalue weighted by molar-refractivity contribution is -0.136. The van der Waals surface area contributed by atoms with Crippen LogP contribution < -0.4 is 10.6 Å². The van der Waals surface area contributed by atoms with Gasteiger partial charge in [-0.1, -0.05) is 24.3 Å². The first-order valence-corrected chi connectivity index (χ1v) is 7.01. The Morgan fingerprint density at radius 2 is 2.10 bits per heavy atom. The molecule has 1 amide bonds. The van der Waals surface area contributed by atoms with Crippen LogP contribution in [0.15, 0.2) is 24.3 Å². The number of carboxylic acid groups (broad SMARTS) is 1. The zero-order valence-corrected chi connectivity index (χ0v) is 11.8. The van der Waals surface area contributed by atoms with Crippen LogP contribution in [0.5, 0.6) is 0 Å². The van der Waals surface area contributed by atoms with Gasteiger partial charge in [0.2, 0.25) is 5.91 Å². The molecule has 6 heteroatoms. The third-order valence-corrected chi connectivity index (χ3v) is 3.37. The van der Waals surface area contributed by atoms with Crippen molar-refractivity contribution in [2.75, 3.05) is 19.8 Å². The molecular formula is C15H20N2O4. The maximum atomic E-state index is 11.9. The van der Waals surface area contributed by atoms with Crippen LogP contribution >= 0.6 is 0 Å². The number of benzene rings is 1. The van der Waals surface area contributed by atoms with Crippen molar-refractivity contribution in [1.82, 2.24) is 10.6 Å². The minimum absolute atomic E-state index is 0.0376. The Hall–Kier alpha value is -1.92. The van der Waals surface area contributed by atoms with Crippen LogP contribution in [-0.4, -0.2) is 42.8 Å². The maximum Gasteiger partial charge on any atom is 0.307 e. The van der Waals surface area contributed by atoms with Crippen molar-refractivity contribution >= 4 is 11.9 Å². The summed E-state index contributed by atoms with van der Waals surface area (Å²) < 4.78 is 5.30. The number of rotatable bonds is 6. The number of aliphatic carboxylic acids is 1. The molecule has 6 nitrogen and oxygen atoms in total. The largest absolute Gasteiger partial charge is 0.481 e. The fourth-order valence-corrected chi connectivity index (χ4v) is 2.31. The van der Waals surface area contributed by atoms with Crippen LogP contribution in [0.25, 0.3) is 0 Å². The quantitative estimate of drug-likeness (QED) is 0.702. The fourth-order valence-electron chi connectivity index (χ4n) is 2.31. The van der Waals surface area contributed by atoms with Gasteiger partial charge in [-0.3, -0.25) is 9.59 Å². The summed E-state index contributed by atoms with van der Waals surface area (Å²) in [6.45, 7) is 2.33. The Balaban J connectivity index is 1.84. The molecule has 0 spiro atoms. The van der Waals surface area contributed by atoms with Crippen molar-refractivity contribution in [1.29, 1.82) is 0 Å². The summed E-state index contributed by atoms with van der Waals surface area (Å²) in [5.41, 5.74) is 1.56. The van der Waals surface area contributed by atoms with Crippen LogP contribution in [0.2, 0.25) is 0 Å². The molecule has 0 aromatic heterocycles. The lowest BCUT2D eigenvalue weighted by Crippen LogP contribution is -2.44. The Morgan fingerprint density at radius 1 is 1.33 bits per heavy atom. The average molecular weight is 292 g/mol. The molecule has 0 radical (unpaired) electrons. The third-order valence-electron chi connectivity index (χ3n) is 3.37. The standard InChI is InChI=1S/C15H20N2O4/c18-14(8-13-10-21-6-5-16-13)17-9-12-4-2-1-3-11(12)7-15(19)20/h1-4,13,16H,5-10H2,(H,17,18)(H,19,20). The van der Waals surface area contributed by atoms with Gasteiger partial charge in [-0.15, -0.1) is 0 Å². The summed E-state index contributed by atoms with van der Waals surface area (Å²) in [7, 11) is 0. The molecule has 2 rings (SSSR count). The van der Waals surface area contributed by atoms with Crippen LogP contribution in [-0.2, 0) is 27.3 Å². The molecule has 1 aromatic rings. The molecule has 1 aliphatic heterocycles. The van der Waals surface area contributed by atoms with E-state index in [1.54, 1.807) is 12.1 Å². The van der Waals surface area contributed by atoms with E-state index in [-0.39, 0.29) is 18.4 Å². The summed E-state index contributed by atoms with van der Waals surface area (Å²) in [6.07, 6.45) is 0.325. The van der Waals surface area contributed by atoms with E-state index >= 15 is 0 Å². The summed E-state index contributed by atoms with van der Waals surface area (Å²) in [5, 5.41) is 14.9. The fraction of sp³-hybridized carbons (Fsp3) is 0.467. The van der Waals surface area contributed by atoms with Crippen molar-refractivity contribution in [3.8, 4) is 0 Å². The van der Waals surface area contributed by atoms with E-state index in [0.717, 1.165) is 17.7 Å². The Morgan fingerprint density at radius 3 is 2.76 bits per heavy atom. The molecule has 1 saturated heterocycles. The molecule has 1 aromatic carbocycles. The van der Waals surface area contributed by atoms with Gasteiger partial charge in [-0.25, -0.2) is 0 Å². The van der Waals surface area contributed by atoms with Gasteiger partial charge >= 0.3 is 5.97 Å². The molecule has 0 saturated carbocycles. The third kappa shape index (κ3) is 5.17. The topological polar surface area (TPSA) is 87.7 Å². The van der Waals surface area contributed by atoms with Gasteiger partial charge in [-0.05, 0) is 11.1 Å². The Labute approximate surface area is 123 Å². The zero-order valence-electron chi connectivity index (χ0n) is 11.8. The van der Waals surface area contributed by atoms with E-state index in [4.69, 9.17) is 9.84 Å². The normalized spacial score (nSPS) is 18.2. The highest BCUT2D eigenvalue weighted by Crippen LogP contribution is 2.09. The Kier molecular flexibility index (Phi) is 5.71. The zero-order chi connectivity index (χ0) is 15.1. The summed E-state index contributed by atoms with van der Waals surface area (Å²) in [6, 6.07) is 7.29. The summed E-state index contributed by atoms with van der Waals surface area (Å²) >= 11 is 0. The number of nitrogens with one attached hydrogen (secondary N) is 2. The molecule has 0 bridgehead atoms. The first kappa shape index (κ1) is 15.5. The number of hydrogen-bond acceptors (Lipinski definition) is 4. The molecule has 1 aliphatic rings. The van der Waals surface area contributed by atoms with Crippen molar-refractivity contribution in [3.05, 3.63) is 35.4 Å². The van der Waals surface area contributed by atoms with E-state index in [9.17, 15) is 9.59 Å². The van der Waals surface area contributed by atoms with Gasteiger partial charge in [0.05, 0.1) is 19.6 Å². The lowest BCUT2D eigenvalue weighted by atomic mass is 10.0. The number of ether oxygens (including phenoxy) is 1. The van der Waals surface area contributed by atoms with Crippen LogP contribution in [0.1, 0.15) is 17.5 Å². The smallest absolute Gasteiger partial charge is 0.307 e. The number of amides is 1. The van der Waals surface area contributed by atoms with Crippen molar-refractivity contribution < 1.29 is 19.4 Å². The van der Waals surface area contributed by atoms with Crippen LogP contribution in [0.4, 0.5) is 0 Å². The summed E-state index contributed by atoms with van der Waals surface area (Å²) in [4.78, 5) is 22.7.